The van der Waals surface area contributed by atoms with Crippen LogP contribution in [-0.2, 0) is 19.1 Å². The molecule has 5 aliphatic rings. The lowest BCUT2D eigenvalue weighted by atomic mass is 9.33. The van der Waals surface area contributed by atoms with Crippen molar-refractivity contribution >= 4 is 11.9 Å². The molecule has 5 fully saturated rings. The Hall–Kier alpha value is -1.06. The van der Waals surface area contributed by atoms with Gasteiger partial charge >= 0.3 is 11.9 Å². The molecule has 5 aliphatic carbocycles. The maximum atomic E-state index is 12.2. The van der Waals surface area contributed by atoms with E-state index in [1.165, 1.54) is 14.2 Å². The van der Waals surface area contributed by atoms with Gasteiger partial charge in [-0.1, -0.05) is 0 Å². The van der Waals surface area contributed by atoms with Crippen LogP contribution in [0.1, 0.15) is 12.8 Å². The van der Waals surface area contributed by atoms with Crippen molar-refractivity contribution in [3.63, 3.8) is 0 Å². The van der Waals surface area contributed by atoms with Crippen LogP contribution in [0.25, 0.3) is 0 Å². The van der Waals surface area contributed by atoms with Gasteiger partial charge in [-0.25, -0.2) is 0 Å². The molecule has 96 valence electrons. The van der Waals surface area contributed by atoms with Gasteiger partial charge in [-0.3, -0.25) is 9.59 Å². The molecule has 4 unspecified atom stereocenters. The molecular formula is C14H16O4. The molecule has 0 saturated heterocycles. The summed E-state index contributed by atoms with van der Waals surface area (Å²) < 4.78 is 10.1. The Morgan fingerprint density at radius 3 is 1.61 bits per heavy atom. The highest BCUT2D eigenvalue weighted by Gasteiger charge is 2.97. The summed E-state index contributed by atoms with van der Waals surface area (Å²) in [5.41, 5.74) is -0.418. The van der Waals surface area contributed by atoms with Gasteiger partial charge in [0.25, 0.3) is 0 Å². The summed E-state index contributed by atoms with van der Waals surface area (Å²) in [5.74, 6) is 3.07. The maximum absolute atomic E-state index is 12.2. The lowest BCUT2D eigenvalue weighted by Crippen LogP contribution is -2.71. The van der Waals surface area contributed by atoms with Gasteiger partial charge in [0.2, 0.25) is 0 Å². The Morgan fingerprint density at radius 1 is 0.889 bits per heavy atom. The molecule has 0 aromatic carbocycles. The van der Waals surface area contributed by atoms with Crippen molar-refractivity contribution in [3.8, 4) is 0 Å². The minimum absolute atomic E-state index is 0.0138. The Morgan fingerprint density at radius 2 is 1.28 bits per heavy atom. The van der Waals surface area contributed by atoms with Crippen LogP contribution in [-0.4, -0.2) is 26.2 Å². The van der Waals surface area contributed by atoms with Crippen LogP contribution in [0.3, 0.4) is 0 Å². The zero-order valence-electron chi connectivity index (χ0n) is 10.5. The van der Waals surface area contributed by atoms with Crippen LogP contribution in [0.5, 0.6) is 0 Å². The van der Waals surface area contributed by atoms with Crippen LogP contribution in [0, 0.1) is 46.3 Å². The molecule has 0 heterocycles. The van der Waals surface area contributed by atoms with E-state index in [-0.39, 0.29) is 22.8 Å². The first-order valence-electron chi connectivity index (χ1n) is 6.81. The summed E-state index contributed by atoms with van der Waals surface area (Å²) in [6.07, 6.45) is 1.75. The zero-order valence-corrected chi connectivity index (χ0v) is 10.5. The number of carbonyl (C=O) groups is 2. The van der Waals surface area contributed by atoms with Crippen LogP contribution < -0.4 is 0 Å². The van der Waals surface area contributed by atoms with Gasteiger partial charge in [-0.05, 0) is 48.3 Å². The minimum Gasteiger partial charge on any atom is -0.469 e. The average Bonchev–Trinajstić information content (AvgIpc) is 2.63. The predicted molar refractivity (Wildman–Crippen MR) is 59.1 cm³/mol. The number of hydrogen-bond donors (Lipinski definition) is 0. The summed E-state index contributed by atoms with van der Waals surface area (Å²) in [7, 11) is 2.99. The molecule has 0 aliphatic heterocycles. The van der Waals surface area contributed by atoms with E-state index in [2.05, 4.69) is 0 Å². The predicted octanol–water partition coefficient (Wildman–Crippen LogP) is 0.851. The molecule has 0 N–H and O–H groups in total. The highest BCUT2D eigenvalue weighted by molar-refractivity contribution is 5.88. The van der Waals surface area contributed by atoms with Gasteiger partial charge in [0.05, 0.1) is 25.0 Å². The molecule has 4 atom stereocenters. The first-order valence-corrected chi connectivity index (χ1v) is 6.81. The first kappa shape index (κ1) is 9.82. The third-order valence-electron chi connectivity index (χ3n) is 7.35. The third kappa shape index (κ3) is 0.546. The van der Waals surface area contributed by atoms with E-state index in [4.69, 9.17) is 9.47 Å². The van der Waals surface area contributed by atoms with Crippen LogP contribution >= 0.6 is 0 Å². The SMILES string of the molecule is COC(=O)C12CC3C4C1C1C2CC3(C(=O)OC)C14. The fourth-order valence-electron chi connectivity index (χ4n) is 7.19. The molecule has 0 aromatic heterocycles. The van der Waals surface area contributed by atoms with Crippen molar-refractivity contribution in [1.82, 2.24) is 0 Å². The van der Waals surface area contributed by atoms with Gasteiger partial charge < -0.3 is 9.47 Å². The van der Waals surface area contributed by atoms with E-state index in [0.717, 1.165) is 12.8 Å². The number of methoxy groups -OCH3 is 2. The Bertz CT molecular complexity index is 460. The number of carbonyl (C=O) groups excluding carboxylic acids is 2. The smallest absolute Gasteiger partial charge is 0.312 e. The van der Waals surface area contributed by atoms with E-state index in [9.17, 15) is 9.59 Å². The van der Waals surface area contributed by atoms with Gasteiger partial charge in [-0.15, -0.1) is 0 Å². The van der Waals surface area contributed by atoms with Crippen molar-refractivity contribution in [2.24, 2.45) is 46.3 Å². The van der Waals surface area contributed by atoms with Gasteiger partial charge in [0.15, 0.2) is 0 Å². The molecule has 5 saturated carbocycles. The van der Waals surface area contributed by atoms with E-state index in [1.54, 1.807) is 0 Å². The van der Waals surface area contributed by atoms with Crippen molar-refractivity contribution in [3.05, 3.63) is 0 Å². The molecule has 0 amide bonds. The number of fused-ring (bicyclic) bond motifs is 2. The monoisotopic (exact) mass is 248 g/mol. The van der Waals surface area contributed by atoms with Crippen LogP contribution in [0.15, 0.2) is 0 Å². The maximum Gasteiger partial charge on any atom is 0.312 e. The number of ether oxygens (including phenoxy) is 2. The second-order valence-corrected chi connectivity index (χ2v) is 6.89. The fourth-order valence-corrected chi connectivity index (χ4v) is 7.19. The molecular weight excluding hydrogens is 232 g/mol. The quantitative estimate of drug-likeness (QED) is 0.680. The summed E-state index contributed by atoms with van der Waals surface area (Å²) in [4.78, 5) is 24.3. The lowest BCUT2D eigenvalue weighted by molar-refractivity contribution is -0.254. The normalized spacial score (nSPS) is 63.4. The molecule has 0 spiro atoms. The lowest BCUT2D eigenvalue weighted by Gasteiger charge is -2.69. The molecule has 18 heavy (non-hydrogen) atoms. The zero-order chi connectivity index (χ0) is 12.4. The summed E-state index contributed by atoms with van der Waals surface area (Å²) in [6.45, 7) is 0. The Balaban J connectivity index is 1.61. The standard InChI is InChI=1S/C14H16O4/c1-17-11(15)13-3-6-8-9(13)7-5(13)4-14(6,10(7)8)12(16)18-2/h5-10H,3-4H2,1-2H3. The second-order valence-electron chi connectivity index (χ2n) is 6.89. The summed E-state index contributed by atoms with van der Waals surface area (Å²) in [5, 5.41) is 0. The van der Waals surface area contributed by atoms with Crippen molar-refractivity contribution < 1.29 is 19.1 Å². The first-order chi connectivity index (χ1) is 8.64. The second kappa shape index (κ2) is 2.35. The highest BCUT2D eigenvalue weighted by Crippen LogP contribution is 2.96. The van der Waals surface area contributed by atoms with E-state index in [1.807, 2.05) is 0 Å². The fraction of sp³-hybridized carbons (Fsp3) is 0.857. The molecule has 0 radical (unpaired) electrons. The molecule has 5 rings (SSSR count). The van der Waals surface area contributed by atoms with Gasteiger partial charge in [0, 0.05) is 0 Å². The van der Waals surface area contributed by atoms with Crippen LogP contribution in [0.2, 0.25) is 0 Å². The Labute approximate surface area is 105 Å². The van der Waals surface area contributed by atoms with E-state index < -0.39 is 0 Å². The number of esters is 2. The topological polar surface area (TPSA) is 52.6 Å². The summed E-state index contributed by atoms with van der Waals surface area (Å²) in [6, 6.07) is 0. The van der Waals surface area contributed by atoms with Gasteiger partial charge in [0.1, 0.15) is 0 Å². The van der Waals surface area contributed by atoms with E-state index in [0.29, 0.717) is 35.5 Å². The number of hydrogen-bond acceptors (Lipinski definition) is 4. The molecule has 4 nitrogen and oxygen atoms in total. The van der Waals surface area contributed by atoms with E-state index >= 15 is 0 Å². The van der Waals surface area contributed by atoms with Crippen molar-refractivity contribution in [2.75, 3.05) is 14.2 Å². The minimum atomic E-state index is -0.209. The number of rotatable bonds is 2. The average molecular weight is 248 g/mol. The highest BCUT2D eigenvalue weighted by atomic mass is 16.5. The van der Waals surface area contributed by atoms with Crippen molar-refractivity contribution in [2.45, 2.75) is 12.8 Å². The summed E-state index contributed by atoms with van der Waals surface area (Å²) >= 11 is 0. The Kier molecular flexibility index (Phi) is 1.28. The molecule has 0 aromatic rings. The third-order valence-corrected chi connectivity index (χ3v) is 7.35. The van der Waals surface area contributed by atoms with Gasteiger partial charge in [-0.2, -0.15) is 0 Å². The largest absolute Gasteiger partial charge is 0.469 e. The van der Waals surface area contributed by atoms with Crippen LogP contribution in [0.4, 0.5) is 0 Å². The van der Waals surface area contributed by atoms with Crippen molar-refractivity contribution in [1.29, 1.82) is 0 Å². The molecule has 4 heteroatoms. The molecule has 0 bridgehead atoms.